The number of hydrogen-bond donors (Lipinski definition) is 1. The van der Waals surface area contributed by atoms with Crippen LogP contribution < -0.4 is 0 Å². The highest BCUT2D eigenvalue weighted by molar-refractivity contribution is 5.85. The molecule has 25 heavy (non-hydrogen) atoms. The zero-order chi connectivity index (χ0) is 16.9. The smallest absolute Gasteiger partial charge is 0.123 e. The number of nitrogens with one attached hydrogen (secondary N) is 1. The van der Waals surface area contributed by atoms with Gasteiger partial charge in [0.1, 0.15) is 11.4 Å². The van der Waals surface area contributed by atoms with Crippen molar-refractivity contribution in [2.75, 3.05) is 6.61 Å². The summed E-state index contributed by atoms with van der Waals surface area (Å²) in [6.45, 7) is 0.699. The first-order valence-electron chi connectivity index (χ1n) is 8.94. The third-order valence-electron chi connectivity index (χ3n) is 5.68. The van der Waals surface area contributed by atoms with Gasteiger partial charge in [0.25, 0.3) is 0 Å². The van der Waals surface area contributed by atoms with E-state index in [0.717, 1.165) is 42.3 Å². The van der Waals surface area contributed by atoms with E-state index in [1.807, 2.05) is 6.07 Å². The number of fused-ring (bicyclic) bond motifs is 4. The Kier molecular flexibility index (Phi) is 3.32. The van der Waals surface area contributed by atoms with Crippen LogP contribution >= 0.6 is 0 Å². The molecule has 5 rings (SSSR count). The van der Waals surface area contributed by atoms with Gasteiger partial charge in [-0.3, -0.25) is 0 Å². The van der Waals surface area contributed by atoms with Gasteiger partial charge in [-0.25, -0.2) is 4.39 Å². The minimum absolute atomic E-state index is 0.176. The van der Waals surface area contributed by atoms with E-state index in [0.29, 0.717) is 6.61 Å². The molecule has 1 spiro atoms. The molecule has 3 aromatic rings. The Hall–Kier alpha value is -2.39. The molecule has 1 atom stereocenters. The molecular weight excluding hydrogens is 313 g/mol. The summed E-state index contributed by atoms with van der Waals surface area (Å²) in [6, 6.07) is 15.6. The minimum Gasteiger partial charge on any atom is -0.368 e. The molecule has 3 heteroatoms. The van der Waals surface area contributed by atoms with Crippen molar-refractivity contribution in [2.24, 2.45) is 0 Å². The Labute approximate surface area is 146 Å². The maximum absolute atomic E-state index is 13.7. The van der Waals surface area contributed by atoms with Gasteiger partial charge in [-0.2, -0.15) is 0 Å². The van der Waals surface area contributed by atoms with Gasteiger partial charge in [0.2, 0.25) is 0 Å². The monoisotopic (exact) mass is 333 g/mol. The van der Waals surface area contributed by atoms with E-state index >= 15 is 0 Å². The zero-order valence-electron chi connectivity index (χ0n) is 14.0. The summed E-state index contributed by atoms with van der Waals surface area (Å²) in [6.07, 6.45) is 5.97. The van der Waals surface area contributed by atoms with Gasteiger partial charge < -0.3 is 9.72 Å². The van der Waals surface area contributed by atoms with Gasteiger partial charge in [-0.05, 0) is 54.2 Å². The van der Waals surface area contributed by atoms with Crippen LogP contribution in [0, 0.1) is 5.82 Å². The lowest BCUT2D eigenvalue weighted by molar-refractivity contribution is -0.0682. The summed E-state index contributed by atoms with van der Waals surface area (Å²) < 4.78 is 20.0. The SMILES string of the molecule is Fc1ccc2[nH]c3c(c2c1)CCOC31CC=C(c2ccccc2)CC1. The van der Waals surface area contributed by atoms with E-state index in [9.17, 15) is 4.39 Å². The zero-order valence-corrected chi connectivity index (χ0v) is 14.0. The third-order valence-corrected chi connectivity index (χ3v) is 5.68. The first-order chi connectivity index (χ1) is 12.3. The maximum Gasteiger partial charge on any atom is 0.123 e. The fourth-order valence-corrected chi connectivity index (χ4v) is 4.39. The molecule has 0 saturated carbocycles. The molecule has 1 N–H and O–H groups in total. The summed E-state index contributed by atoms with van der Waals surface area (Å²) in [7, 11) is 0. The number of H-pyrrole nitrogens is 1. The molecular formula is C22H20FNO. The topological polar surface area (TPSA) is 25.0 Å². The van der Waals surface area contributed by atoms with Gasteiger partial charge in [0.05, 0.1) is 12.3 Å². The van der Waals surface area contributed by atoms with Gasteiger partial charge in [-0.1, -0.05) is 36.4 Å². The van der Waals surface area contributed by atoms with E-state index in [1.54, 1.807) is 6.07 Å². The second-order valence-corrected chi connectivity index (χ2v) is 7.06. The molecule has 126 valence electrons. The highest BCUT2D eigenvalue weighted by Gasteiger charge is 2.41. The Bertz CT molecular complexity index is 972. The number of allylic oxidation sites excluding steroid dienone is 1. The average Bonchev–Trinajstić information content (AvgIpc) is 3.03. The van der Waals surface area contributed by atoms with Crippen LogP contribution in [0.5, 0.6) is 0 Å². The van der Waals surface area contributed by atoms with Crippen LogP contribution in [-0.2, 0) is 16.8 Å². The van der Waals surface area contributed by atoms with Crippen LogP contribution in [-0.4, -0.2) is 11.6 Å². The molecule has 1 aliphatic carbocycles. The number of benzene rings is 2. The van der Waals surface area contributed by atoms with Gasteiger partial charge in [0.15, 0.2) is 0 Å². The molecule has 2 aromatic carbocycles. The number of aromatic nitrogens is 1. The molecule has 0 radical (unpaired) electrons. The molecule has 0 amide bonds. The van der Waals surface area contributed by atoms with E-state index in [1.165, 1.54) is 22.8 Å². The molecule has 0 fully saturated rings. The summed E-state index contributed by atoms with van der Waals surface area (Å²) in [5, 5.41) is 1.01. The molecule has 2 heterocycles. The van der Waals surface area contributed by atoms with E-state index < -0.39 is 0 Å². The molecule has 0 saturated heterocycles. The second kappa shape index (κ2) is 5.57. The van der Waals surface area contributed by atoms with E-state index in [4.69, 9.17) is 4.74 Å². The molecule has 2 nitrogen and oxygen atoms in total. The predicted octanol–water partition coefficient (Wildman–Crippen LogP) is 5.34. The molecule has 1 unspecified atom stereocenters. The highest BCUT2D eigenvalue weighted by Crippen LogP contribution is 2.46. The lowest BCUT2D eigenvalue weighted by atomic mass is 9.78. The van der Waals surface area contributed by atoms with Crippen molar-refractivity contribution in [3.05, 3.63) is 77.2 Å². The normalized spacial score (nSPS) is 22.8. The highest BCUT2D eigenvalue weighted by atomic mass is 19.1. The first-order valence-corrected chi connectivity index (χ1v) is 8.94. The fourth-order valence-electron chi connectivity index (χ4n) is 4.39. The third kappa shape index (κ3) is 2.34. The van der Waals surface area contributed by atoms with Crippen LogP contribution in [0.3, 0.4) is 0 Å². The maximum atomic E-state index is 13.7. The van der Waals surface area contributed by atoms with Crippen molar-refractivity contribution in [3.8, 4) is 0 Å². The van der Waals surface area contributed by atoms with E-state index in [2.05, 4.69) is 41.4 Å². The van der Waals surface area contributed by atoms with Crippen LogP contribution in [0.1, 0.15) is 36.1 Å². The molecule has 0 bridgehead atoms. The van der Waals surface area contributed by atoms with Crippen molar-refractivity contribution < 1.29 is 9.13 Å². The van der Waals surface area contributed by atoms with E-state index in [-0.39, 0.29) is 11.4 Å². The summed E-state index contributed by atoms with van der Waals surface area (Å²) >= 11 is 0. The van der Waals surface area contributed by atoms with Crippen molar-refractivity contribution in [1.82, 2.24) is 4.98 Å². The van der Waals surface area contributed by atoms with Crippen LogP contribution in [0.25, 0.3) is 16.5 Å². The van der Waals surface area contributed by atoms with Gasteiger partial charge >= 0.3 is 0 Å². The predicted molar refractivity (Wildman–Crippen MR) is 97.9 cm³/mol. The molecule has 1 aliphatic heterocycles. The Balaban J connectivity index is 1.57. The summed E-state index contributed by atoms with van der Waals surface area (Å²) in [4.78, 5) is 3.54. The number of aromatic amines is 1. The van der Waals surface area contributed by atoms with Crippen LogP contribution in [0.4, 0.5) is 4.39 Å². The second-order valence-electron chi connectivity index (χ2n) is 7.06. The van der Waals surface area contributed by atoms with Crippen LogP contribution in [0.2, 0.25) is 0 Å². The largest absolute Gasteiger partial charge is 0.368 e. The van der Waals surface area contributed by atoms with Crippen molar-refractivity contribution in [3.63, 3.8) is 0 Å². The number of rotatable bonds is 1. The van der Waals surface area contributed by atoms with Gasteiger partial charge in [0, 0.05) is 17.3 Å². The van der Waals surface area contributed by atoms with Crippen molar-refractivity contribution in [2.45, 2.75) is 31.3 Å². The van der Waals surface area contributed by atoms with Crippen molar-refractivity contribution >= 4 is 16.5 Å². The minimum atomic E-state index is -0.290. The fraction of sp³-hybridized carbons (Fsp3) is 0.273. The van der Waals surface area contributed by atoms with Crippen molar-refractivity contribution in [1.29, 1.82) is 0 Å². The molecule has 2 aliphatic rings. The number of halogens is 1. The first kappa shape index (κ1) is 14.9. The Morgan fingerprint density at radius 1 is 1.04 bits per heavy atom. The summed E-state index contributed by atoms with van der Waals surface area (Å²) in [5.41, 5.74) is 5.80. The summed E-state index contributed by atoms with van der Waals surface area (Å²) in [5.74, 6) is -0.176. The Morgan fingerprint density at radius 3 is 2.72 bits per heavy atom. The Morgan fingerprint density at radius 2 is 1.92 bits per heavy atom. The number of hydrogen-bond acceptors (Lipinski definition) is 1. The average molecular weight is 333 g/mol. The lowest BCUT2D eigenvalue weighted by Crippen LogP contribution is -2.36. The lowest BCUT2D eigenvalue weighted by Gasteiger charge is -2.39. The quantitative estimate of drug-likeness (QED) is 0.638. The molecule has 1 aromatic heterocycles. The van der Waals surface area contributed by atoms with Gasteiger partial charge in [-0.15, -0.1) is 0 Å². The number of ether oxygens (including phenoxy) is 1. The standard InChI is InChI=1S/C22H20FNO/c23-17-6-7-20-19(14-17)18-10-13-25-22(21(18)24-20)11-8-16(9-12-22)15-4-2-1-3-5-15/h1-8,14,24H,9-13H2. The van der Waals surface area contributed by atoms with Crippen LogP contribution in [0.15, 0.2) is 54.6 Å².